The first kappa shape index (κ1) is 16.2. The normalized spacial score (nSPS) is 21.7. The minimum Gasteiger partial charge on any atom is -0.466 e. The highest BCUT2D eigenvalue weighted by Crippen LogP contribution is 2.33. The van der Waals surface area contributed by atoms with E-state index < -0.39 is 17.8 Å². The van der Waals surface area contributed by atoms with Crippen molar-refractivity contribution in [2.24, 2.45) is 0 Å². The molecule has 0 radical (unpaired) electrons. The number of hydrogen-bond donors (Lipinski definition) is 0. The van der Waals surface area contributed by atoms with Gasteiger partial charge in [-0.2, -0.15) is 0 Å². The maximum Gasteiger partial charge on any atom is 0.259 e. The number of fused-ring (bicyclic) bond motifs is 1. The van der Waals surface area contributed by atoms with Gasteiger partial charge in [-0.15, -0.1) is 0 Å². The lowest BCUT2D eigenvalue weighted by Crippen LogP contribution is -2.54. The predicted octanol–water partition coefficient (Wildman–Crippen LogP) is 1.73. The molecule has 1 aromatic carbocycles. The van der Waals surface area contributed by atoms with E-state index in [-0.39, 0.29) is 0 Å². The molecule has 1 saturated heterocycles. The van der Waals surface area contributed by atoms with Crippen LogP contribution in [-0.4, -0.2) is 54.4 Å². The van der Waals surface area contributed by atoms with Gasteiger partial charge >= 0.3 is 0 Å². The Morgan fingerprint density at radius 3 is 2.74 bits per heavy atom. The van der Waals surface area contributed by atoms with Gasteiger partial charge in [-0.3, -0.25) is 14.5 Å². The van der Waals surface area contributed by atoms with E-state index in [0.29, 0.717) is 37.6 Å². The van der Waals surface area contributed by atoms with Gasteiger partial charge in [0.2, 0.25) is 12.0 Å². The largest absolute Gasteiger partial charge is 0.466 e. The van der Waals surface area contributed by atoms with Gasteiger partial charge in [0.05, 0.1) is 18.8 Å². The Morgan fingerprint density at radius 2 is 2.04 bits per heavy atom. The molecule has 1 aromatic rings. The fraction of sp³-hybridized carbons (Fsp3) is 0.471. The summed E-state index contributed by atoms with van der Waals surface area (Å²) in [6, 6.07) is 3.58. The monoisotopic (exact) mass is 333 g/mol. The van der Waals surface area contributed by atoms with Crippen LogP contribution in [0.3, 0.4) is 0 Å². The van der Waals surface area contributed by atoms with E-state index in [0.717, 1.165) is 24.0 Å². The van der Waals surface area contributed by atoms with Gasteiger partial charge in [-0.1, -0.05) is 18.3 Å². The number of aryl methyl sites for hydroxylation is 1. The van der Waals surface area contributed by atoms with Gasteiger partial charge in [0.25, 0.3) is 5.78 Å². The molecule has 0 amide bonds. The first-order chi connectivity index (χ1) is 11.1. The van der Waals surface area contributed by atoms with Gasteiger partial charge < -0.3 is 9.47 Å². The summed E-state index contributed by atoms with van der Waals surface area (Å²) in [5, 5.41) is 1.70. The summed E-state index contributed by atoms with van der Waals surface area (Å²) in [6.07, 6.45) is 0.754. The summed E-state index contributed by atoms with van der Waals surface area (Å²) in [6.45, 7) is 4.19. The number of Topliss-reactive ketones (excluding diaryl/α,β-unsaturated/α-hetero) is 2. The Balaban J connectivity index is 1.93. The molecule has 2 heterocycles. The van der Waals surface area contributed by atoms with Crippen LogP contribution in [0.25, 0.3) is 0 Å². The summed E-state index contributed by atoms with van der Waals surface area (Å²) < 4.78 is 11.3. The summed E-state index contributed by atoms with van der Waals surface area (Å²) in [5.41, 5.74) is 2.37. The molecular weight excluding hydrogens is 314 g/mol. The molecule has 3 rings (SSSR count). The molecule has 5 nitrogen and oxygen atoms in total. The van der Waals surface area contributed by atoms with E-state index in [1.54, 1.807) is 11.4 Å². The van der Waals surface area contributed by atoms with Crippen LogP contribution in [0.15, 0.2) is 12.1 Å². The minimum absolute atomic E-state index is 0.364. The van der Waals surface area contributed by atoms with Crippen LogP contribution in [0.1, 0.15) is 27.9 Å². The number of benzene rings is 1. The van der Waals surface area contributed by atoms with Crippen LogP contribution >= 0.6 is 12.2 Å². The third kappa shape index (κ3) is 3.06. The molecule has 122 valence electrons. The van der Waals surface area contributed by atoms with Crippen molar-refractivity contribution in [2.75, 3.05) is 26.3 Å². The number of nitrogens with zero attached hydrogens (tertiary/aromatic N) is 1. The number of rotatable bonds is 4. The molecule has 23 heavy (non-hydrogen) atoms. The Bertz CT molecular complexity index is 652. The van der Waals surface area contributed by atoms with E-state index in [1.165, 1.54) is 0 Å². The van der Waals surface area contributed by atoms with Gasteiger partial charge in [-0.25, -0.2) is 0 Å². The molecule has 2 aliphatic heterocycles. The van der Waals surface area contributed by atoms with Crippen LogP contribution in [0.4, 0.5) is 0 Å². The van der Waals surface area contributed by atoms with Crippen molar-refractivity contribution in [3.05, 3.63) is 28.8 Å². The van der Waals surface area contributed by atoms with Crippen LogP contribution < -0.4 is 4.74 Å². The zero-order valence-corrected chi connectivity index (χ0v) is 13.9. The Labute approximate surface area is 140 Å². The molecule has 1 atom stereocenters. The standard InChI is InChI=1S/C17H19NO4S/c1-11-12(3-2-10-23)4-5-13-14(19)15(20)17(22-16(11)13)18-6-8-21-9-7-18/h4-5,10,17H,2-3,6-9H2,1H3. The number of carbonyl (C=O) groups excluding carboxylic acids is 2. The number of hydrogen-bond acceptors (Lipinski definition) is 6. The molecule has 0 bridgehead atoms. The highest BCUT2D eigenvalue weighted by atomic mass is 32.1. The Hall–Kier alpha value is -1.63. The second-order valence-electron chi connectivity index (χ2n) is 5.74. The summed E-state index contributed by atoms with van der Waals surface area (Å²) in [4.78, 5) is 26.7. The van der Waals surface area contributed by atoms with Gasteiger partial charge in [0.15, 0.2) is 0 Å². The molecule has 6 heteroatoms. The highest BCUT2D eigenvalue weighted by molar-refractivity contribution is 7.78. The van der Waals surface area contributed by atoms with Crippen molar-refractivity contribution < 1.29 is 19.1 Å². The Morgan fingerprint density at radius 1 is 1.30 bits per heavy atom. The molecule has 0 aromatic heterocycles. The zero-order chi connectivity index (χ0) is 16.4. The number of morpholine rings is 1. The molecule has 0 N–H and O–H groups in total. The van der Waals surface area contributed by atoms with E-state index >= 15 is 0 Å². The SMILES string of the molecule is Cc1c(CCC=S)ccc2c1OC(N1CCOCC1)C(=O)C2=O. The summed E-state index contributed by atoms with van der Waals surface area (Å²) in [7, 11) is 0. The lowest BCUT2D eigenvalue weighted by molar-refractivity contribution is -0.134. The second kappa shape index (κ2) is 6.86. The first-order valence-electron chi connectivity index (χ1n) is 7.76. The van der Waals surface area contributed by atoms with Crippen LogP contribution in [0.2, 0.25) is 0 Å². The second-order valence-corrected chi connectivity index (χ2v) is 6.08. The lowest BCUT2D eigenvalue weighted by atomic mass is 9.94. The molecule has 1 unspecified atom stereocenters. The molecule has 0 spiro atoms. The fourth-order valence-electron chi connectivity index (χ4n) is 3.01. The maximum absolute atomic E-state index is 12.4. The molecule has 2 aliphatic rings. The lowest BCUT2D eigenvalue weighted by Gasteiger charge is -2.36. The van der Waals surface area contributed by atoms with Crippen molar-refractivity contribution in [1.29, 1.82) is 0 Å². The van der Waals surface area contributed by atoms with Crippen molar-refractivity contribution in [3.8, 4) is 5.75 Å². The summed E-state index contributed by atoms with van der Waals surface area (Å²) in [5.74, 6) is -0.425. The molecule has 1 fully saturated rings. The number of ether oxygens (including phenoxy) is 2. The van der Waals surface area contributed by atoms with Crippen LogP contribution in [0, 0.1) is 6.92 Å². The zero-order valence-electron chi connectivity index (χ0n) is 13.0. The third-order valence-electron chi connectivity index (χ3n) is 4.35. The topological polar surface area (TPSA) is 55.8 Å². The van der Waals surface area contributed by atoms with E-state index in [9.17, 15) is 9.59 Å². The third-order valence-corrected chi connectivity index (χ3v) is 4.58. The fourth-order valence-corrected chi connectivity index (χ4v) is 3.13. The van der Waals surface area contributed by atoms with Crippen molar-refractivity contribution in [1.82, 2.24) is 4.90 Å². The smallest absolute Gasteiger partial charge is 0.259 e. The van der Waals surface area contributed by atoms with E-state index in [1.807, 2.05) is 17.9 Å². The number of carbonyl (C=O) groups is 2. The number of thiocarbonyl (C=S) groups is 1. The van der Waals surface area contributed by atoms with Crippen LogP contribution in [-0.2, 0) is 16.0 Å². The molecule has 0 aliphatic carbocycles. The van der Waals surface area contributed by atoms with Crippen molar-refractivity contribution in [2.45, 2.75) is 26.0 Å². The van der Waals surface area contributed by atoms with E-state index in [4.69, 9.17) is 21.7 Å². The molecule has 0 saturated carbocycles. The Kier molecular flexibility index (Phi) is 4.84. The first-order valence-corrected chi connectivity index (χ1v) is 8.23. The quantitative estimate of drug-likeness (QED) is 0.618. The average Bonchev–Trinajstić information content (AvgIpc) is 2.58. The van der Waals surface area contributed by atoms with Crippen molar-refractivity contribution >= 4 is 29.2 Å². The highest BCUT2D eigenvalue weighted by Gasteiger charge is 2.40. The summed E-state index contributed by atoms with van der Waals surface area (Å²) >= 11 is 4.88. The van der Waals surface area contributed by atoms with Crippen molar-refractivity contribution in [3.63, 3.8) is 0 Å². The van der Waals surface area contributed by atoms with Gasteiger partial charge in [0.1, 0.15) is 5.75 Å². The van der Waals surface area contributed by atoms with E-state index in [2.05, 4.69) is 0 Å². The van der Waals surface area contributed by atoms with Crippen LogP contribution in [0.5, 0.6) is 5.75 Å². The minimum atomic E-state index is -0.835. The molecular formula is C17H19NO4S. The number of ketones is 2. The predicted molar refractivity (Wildman–Crippen MR) is 89.3 cm³/mol. The van der Waals surface area contributed by atoms with Gasteiger partial charge in [-0.05, 0) is 42.3 Å². The maximum atomic E-state index is 12.4. The average molecular weight is 333 g/mol. The van der Waals surface area contributed by atoms with Gasteiger partial charge in [0, 0.05) is 13.1 Å².